The molecular formula is C19H18F3N3O4S2. The molecule has 12 heteroatoms. The summed E-state index contributed by atoms with van der Waals surface area (Å²) in [5, 5.41) is 2.81. The SMILES string of the molecule is CNS(=O)(=O)c1cc(C(=O)Nc2nc3ccc(OCC(F)(F)F)cc3s2)cc(C)c1C. The van der Waals surface area contributed by atoms with E-state index in [1.54, 1.807) is 19.9 Å². The molecule has 0 bridgehead atoms. The number of aromatic nitrogens is 1. The highest BCUT2D eigenvalue weighted by Gasteiger charge is 2.28. The van der Waals surface area contributed by atoms with Crippen LogP contribution in [0.15, 0.2) is 35.2 Å². The highest BCUT2D eigenvalue weighted by atomic mass is 32.2. The van der Waals surface area contributed by atoms with Crippen molar-refractivity contribution in [3.8, 4) is 5.75 Å². The Bertz CT molecular complexity index is 1250. The number of benzene rings is 2. The van der Waals surface area contributed by atoms with Crippen LogP contribution in [0.4, 0.5) is 18.3 Å². The molecule has 1 heterocycles. The van der Waals surface area contributed by atoms with Gasteiger partial charge in [0.05, 0.1) is 15.1 Å². The van der Waals surface area contributed by atoms with Crippen LogP contribution in [-0.4, -0.2) is 39.1 Å². The zero-order valence-electron chi connectivity index (χ0n) is 16.6. The first-order valence-electron chi connectivity index (χ1n) is 8.86. The molecule has 0 saturated carbocycles. The van der Waals surface area contributed by atoms with Gasteiger partial charge in [-0.15, -0.1) is 0 Å². The van der Waals surface area contributed by atoms with Crippen LogP contribution >= 0.6 is 11.3 Å². The minimum atomic E-state index is -4.45. The maximum atomic E-state index is 12.7. The first kappa shape index (κ1) is 23.0. The van der Waals surface area contributed by atoms with Crippen molar-refractivity contribution in [2.24, 2.45) is 0 Å². The highest BCUT2D eigenvalue weighted by Crippen LogP contribution is 2.30. The second-order valence-corrected chi connectivity index (χ2v) is 9.52. The Hall–Kier alpha value is -2.70. The third-order valence-electron chi connectivity index (χ3n) is 4.42. The van der Waals surface area contributed by atoms with Crippen LogP contribution in [0.2, 0.25) is 0 Å². The number of thiazole rings is 1. The molecule has 166 valence electrons. The summed E-state index contributed by atoms with van der Waals surface area (Å²) >= 11 is 1.05. The number of fused-ring (bicyclic) bond motifs is 1. The van der Waals surface area contributed by atoms with Crippen LogP contribution in [0, 0.1) is 13.8 Å². The smallest absolute Gasteiger partial charge is 0.422 e. The summed E-state index contributed by atoms with van der Waals surface area (Å²) in [6, 6.07) is 7.09. The molecule has 1 aromatic heterocycles. The summed E-state index contributed by atoms with van der Waals surface area (Å²) in [6.07, 6.45) is -4.45. The zero-order valence-corrected chi connectivity index (χ0v) is 18.3. The molecule has 0 radical (unpaired) electrons. The highest BCUT2D eigenvalue weighted by molar-refractivity contribution is 7.89. The van der Waals surface area contributed by atoms with Gasteiger partial charge >= 0.3 is 6.18 Å². The van der Waals surface area contributed by atoms with Gasteiger partial charge in [-0.25, -0.2) is 18.1 Å². The van der Waals surface area contributed by atoms with Crippen molar-refractivity contribution in [2.45, 2.75) is 24.9 Å². The molecule has 31 heavy (non-hydrogen) atoms. The molecular weight excluding hydrogens is 455 g/mol. The zero-order chi connectivity index (χ0) is 23.0. The fourth-order valence-electron chi connectivity index (χ4n) is 2.73. The summed E-state index contributed by atoms with van der Waals surface area (Å²) in [5.74, 6) is -0.536. The summed E-state index contributed by atoms with van der Waals surface area (Å²) in [4.78, 5) is 16.9. The van der Waals surface area contributed by atoms with E-state index in [9.17, 15) is 26.4 Å². The van der Waals surface area contributed by atoms with Crippen LogP contribution in [0.1, 0.15) is 21.5 Å². The van der Waals surface area contributed by atoms with E-state index in [1.165, 1.54) is 31.3 Å². The van der Waals surface area contributed by atoms with E-state index in [0.29, 0.717) is 21.3 Å². The van der Waals surface area contributed by atoms with Gasteiger partial charge in [0.25, 0.3) is 5.91 Å². The van der Waals surface area contributed by atoms with Crippen molar-refractivity contribution in [3.63, 3.8) is 0 Å². The number of anilines is 1. The maximum Gasteiger partial charge on any atom is 0.422 e. The Labute approximate surface area is 180 Å². The molecule has 2 aromatic carbocycles. The van der Waals surface area contributed by atoms with E-state index in [4.69, 9.17) is 4.74 Å². The number of hydrogen-bond acceptors (Lipinski definition) is 6. The number of hydrogen-bond donors (Lipinski definition) is 2. The Morgan fingerprint density at radius 3 is 2.55 bits per heavy atom. The van der Waals surface area contributed by atoms with Gasteiger partial charge in [-0.3, -0.25) is 10.1 Å². The fourth-order valence-corrected chi connectivity index (χ4v) is 4.69. The molecule has 3 rings (SSSR count). The summed E-state index contributed by atoms with van der Waals surface area (Å²) in [6.45, 7) is 1.93. The van der Waals surface area contributed by atoms with Gasteiger partial charge in [0, 0.05) is 5.56 Å². The van der Waals surface area contributed by atoms with E-state index < -0.39 is 28.7 Å². The number of rotatable bonds is 6. The molecule has 7 nitrogen and oxygen atoms in total. The maximum absolute atomic E-state index is 12.7. The van der Waals surface area contributed by atoms with Crippen molar-refractivity contribution in [1.82, 2.24) is 9.71 Å². The van der Waals surface area contributed by atoms with E-state index >= 15 is 0 Å². The number of carbonyl (C=O) groups excluding carboxylic acids is 1. The van der Waals surface area contributed by atoms with Crippen LogP contribution in [0.3, 0.4) is 0 Å². The Morgan fingerprint density at radius 2 is 1.90 bits per heavy atom. The molecule has 0 saturated heterocycles. The van der Waals surface area contributed by atoms with Gasteiger partial charge in [0.1, 0.15) is 5.75 Å². The molecule has 0 atom stereocenters. The number of sulfonamides is 1. The molecule has 0 spiro atoms. The van der Waals surface area contributed by atoms with Crippen LogP contribution < -0.4 is 14.8 Å². The average molecular weight is 473 g/mol. The van der Waals surface area contributed by atoms with E-state index in [1.807, 2.05) is 0 Å². The third-order valence-corrected chi connectivity index (χ3v) is 6.90. The lowest BCUT2D eigenvalue weighted by molar-refractivity contribution is -0.153. The molecule has 0 unspecified atom stereocenters. The molecule has 0 aliphatic carbocycles. The molecule has 3 aromatic rings. The number of halogens is 3. The van der Waals surface area contributed by atoms with E-state index in [2.05, 4.69) is 15.0 Å². The number of amides is 1. The first-order chi connectivity index (χ1) is 14.4. The number of ether oxygens (including phenoxy) is 1. The Kier molecular flexibility index (Phi) is 6.25. The van der Waals surface area contributed by atoms with E-state index in [0.717, 1.165) is 11.3 Å². The van der Waals surface area contributed by atoms with Gasteiger partial charge in [-0.05, 0) is 62.4 Å². The largest absolute Gasteiger partial charge is 0.484 e. The third kappa shape index (κ3) is 5.32. The second kappa shape index (κ2) is 8.44. The number of nitrogens with one attached hydrogen (secondary N) is 2. The number of alkyl halides is 3. The van der Waals surface area contributed by atoms with Crippen molar-refractivity contribution >= 4 is 42.6 Å². The van der Waals surface area contributed by atoms with E-state index in [-0.39, 0.29) is 21.3 Å². The normalized spacial score (nSPS) is 12.2. The lowest BCUT2D eigenvalue weighted by Gasteiger charge is -2.12. The standard InChI is InChI=1S/C19H18F3N3O4S2/c1-10-6-12(7-16(11(10)2)31(27,28)23-3)17(26)25-18-24-14-5-4-13(8-15(14)30-18)29-9-19(20,21)22/h4-8,23H,9H2,1-3H3,(H,24,25,26). The monoisotopic (exact) mass is 473 g/mol. The van der Waals surface area contributed by atoms with Crippen molar-refractivity contribution in [1.29, 1.82) is 0 Å². The van der Waals surface area contributed by atoms with Gasteiger partial charge in [-0.2, -0.15) is 13.2 Å². The minimum Gasteiger partial charge on any atom is -0.484 e. The van der Waals surface area contributed by atoms with Crippen molar-refractivity contribution in [2.75, 3.05) is 19.0 Å². The number of nitrogens with zero attached hydrogens (tertiary/aromatic N) is 1. The van der Waals surface area contributed by atoms with Crippen LogP contribution in [0.5, 0.6) is 5.75 Å². The Balaban J connectivity index is 1.85. The summed E-state index contributed by atoms with van der Waals surface area (Å²) in [5.41, 5.74) is 1.75. The fraction of sp³-hybridized carbons (Fsp3) is 0.263. The van der Waals surface area contributed by atoms with Gasteiger partial charge < -0.3 is 4.74 Å². The van der Waals surface area contributed by atoms with Crippen molar-refractivity contribution < 1.29 is 31.1 Å². The minimum absolute atomic E-state index is 0.00379. The average Bonchev–Trinajstić information content (AvgIpc) is 3.08. The molecule has 1 amide bonds. The molecule has 0 aliphatic heterocycles. The van der Waals surface area contributed by atoms with Crippen LogP contribution in [0.25, 0.3) is 10.2 Å². The quantitative estimate of drug-likeness (QED) is 0.564. The lowest BCUT2D eigenvalue weighted by atomic mass is 10.1. The molecule has 0 aliphatic rings. The van der Waals surface area contributed by atoms with Crippen molar-refractivity contribution in [3.05, 3.63) is 47.0 Å². The predicted molar refractivity (Wildman–Crippen MR) is 111 cm³/mol. The first-order valence-corrected chi connectivity index (χ1v) is 11.2. The molecule has 0 fully saturated rings. The van der Waals surface area contributed by atoms with Gasteiger partial charge in [0.15, 0.2) is 11.7 Å². The Morgan fingerprint density at radius 1 is 1.19 bits per heavy atom. The van der Waals surface area contributed by atoms with Crippen LogP contribution in [-0.2, 0) is 10.0 Å². The lowest BCUT2D eigenvalue weighted by Crippen LogP contribution is -2.21. The summed E-state index contributed by atoms with van der Waals surface area (Å²) < 4.78 is 68.9. The van der Waals surface area contributed by atoms with Gasteiger partial charge in [0.2, 0.25) is 10.0 Å². The summed E-state index contributed by atoms with van der Waals surface area (Å²) in [7, 11) is -2.48. The second-order valence-electron chi connectivity index (χ2n) is 6.63. The molecule has 2 N–H and O–H groups in total. The van der Waals surface area contributed by atoms with Gasteiger partial charge in [-0.1, -0.05) is 11.3 Å². The topological polar surface area (TPSA) is 97.4 Å². The number of aryl methyl sites for hydroxylation is 1. The predicted octanol–water partition coefficient (Wildman–Crippen LogP) is 4.01. The number of carbonyl (C=O) groups is 1.